The van der Waals surface area contributed by atoms with Crippen molar-refractivity contribution >= 4 is 34.9 Å². The summed E-state index contributed by atoms with van der Waals surface area (Å²) in [6.45, 7) is 3.89. The molecule has 6 nitrogen and oxygen atoms in total. The number of hydrogen-bond acceptors (Lipinski definition) is 5. The van der Waals surface area contributed by atoms with Crippen molar-refractivity contribution in [2.75, 3.05) is 19.0 Å². The van der Waals surface area contributed by atoms with Gasteiger partial charge in [-0.2, -0.15) is 0 Å². The third kappa shape index (κ3) is 4.33. The second-order valence-electron chi connectivity index (χ2n) is 4.74. The number of nitrogens with zero attached hydrogens (tertiary/aromatic N) is 1. The van der Waals surface area contributed by atoms with Crippen LogP contribution in [0.5, 0.6) is 0 Å². The van der Waals surface area contributed by atoms with Gasteiger partial charge in [-0.05, 0) is 30.3 Å². The van der Waals surface area contributed by atoms with E-state index < -0.39 is 5.97 Å². The molecule has 1 aromatic carbocycles. The van der Waals surface area contributed by atoms with Crippen LogP contribution in [0.3, 0.4) is 0 Å². The average Bonchev–Trinajstić information content (AvgIpc) is 2.61. The zero-order valence-electron chi connectivity index (χ0n) is 13.0. The minimum Gasteiger partial charge on any atom is -0.465 e. The van der Waals surface area contributed by atoms with E-state index in [9.17, 15) is 9.59 Å². The maximum absolute atomic E-state index is 11.9. The van der Waals surface area contributed by atoms with Crippen LogP contribution in [-0.4, -0.2) is 30.5 Å². The van der Waals surface area contributed by atoms with Crippen LogP contribution in [0.4, 0.5) is 11.4 Å². The number of pyridine rings is 1. The molecule has 0 atom stereocenters. The Morgan fingerprint density at radius 2 is 2.12 bits per heavy atom. The van der Waals surface area contributed by atoms with Gasteiger partial charge in [-0.3, -0.25) is 9.78 Å². The molecular formula is C17H16ClN3O3. The number of halogens is 1. The number of rotatable bonds is 6. The molecule has 0 aliphatic rings. The largest absolute Gasteiger partial charge is 0.465 e. The van der Waals surface area contributed by atoms with Crippen molar-refractivity contribution in [3.63, 3.8) is 0 Å². The third-order valence-electron chi connectivity index (χ3n) is 3.07. The number of methoxy groups -OCH3 is 1. The second kappa shape index (κ2) is 8.12. The number of ether oxygens (including phenoxy) is 1. The molecular weight excluding hydrogens is 330 g/mol. The molecule has 0 aliphatic heterocycles. The summed E-state index contributed by atoms with van der Waals surface area (Å²) in [4.78, 5) is 27.6. The highest BCUT2D eigenvalue weighted by Crippen LogP contribution is 2.27. The van der Waals surface area contributed by atoms with Crippen LogP contribution < -0.4 is 10.6 Å². The monoisotopic (exact) mass is 345 g/mol. The van der Waals surface area contributed by atoms with Crippen molar-refractivity contribution in [2.45, 2.75) is 0 Å². The molecule has 1 heterocycles. The summed E-state index contributed by atoms with van der Waals surface area (Å²) in [5.41, 5.74) is 1.74. The molecule has 0 aliphatic carbocycles. The lowest BCUT2D eigenvalue weighted by molar-refractivity contribution is 0.0600. The minimum absolute atomic E-state index is 0.252. The molecule has 0 bridgehead atoms. The quantitative estimate of drug-likeness (QED) is 0.621. The first-order valence-corrected chi connectivity index (χ1v) is 7.43. The van der Waals surface area contributed by atoms with E-state index in [1.54, 1.807) is 36.4 Å². The molecule has 0 saturated carbocycles. The molecule has 2 N–H and O–H groups in total. The Labute approximate surface area is 144 Å². The molecule has 124 valence electrons. The van der Waals surface area contributed by atoms with E-state index in [0.29, 0.717) is 28.5 Å². The number of nitrogens with one attached hydrogen (secondary N) is 2. The van der Waals surface area contributed by atoms with Crippen molar-refractivity contribution in [1.29, 1.82) is 0 Å². The SMILES string of the molecule is C=CCNC(=O)c1cc(Nc2cc(C(=O)OC)ccc2Cl)ccn1. The molecule has 0 unspecified atom stereocenters. The fourth-order valence-corrected chi connectivity index (χ4v) is 2.07. The van der Waals surface area contributed by atoms with E-state index >= 15 is 0 Å². The van der Waals surface area contributed by atoms with Gasteiger partial charge in [0.15, 0.2) is 0 Å². The molecule has 24 heavy (non-hydrogen) atoms. The predicted molar refractivity (Wildman–Crippen MR) is 92.8 cm³/mol. The summed E-state index contributed by atoms with van der Waals surface area (Å²) >= 11 is 6.14. The lowest BCUT2D eigenvalue weighted by Gasteiger charge is -2.11. The maximum Gasteiger partial charge on any atom is 0.337 e. The number of hydrogen-bond donors (Lipinski definition) is 2. The van der Waals surface area contributed by atoms with Gasteiger partial charge in [0, 0.05) is 18.4 Å². The molecule has 0 fully saturated rings. The molecule has 1 amide bonds. The van der Waals surface area contributed by atoms with Gasteiger partial charge in [0.2, 0.25) is 0 Å². The van der Waals surface area contributed by atoms with Crippen molar-refractivity contribution in [3.05, 3.63) is 65.5 Å². The first-order chi connectivity index (χ1) is 11.5. The van der Waals surface area contributed by atoms with E-state index in [1.165, 1.54) is 13.3 Å². The zero-order chi connectivity index (χ0) is 17.5. The molecule has 0 saturated heterocycles. The normalized spacial score (nSPS) is 9.92. The number of carbonyl (C=O) groups is 2. The summed E-state index contributed by atoms with van der Waals surface area (Å²) < 4.78 is 4.69. The fourth-order valence-electron chi connectivity index (χ4n) is 1.91. The molecule has 2 rings (SSSR count). The first-order valence-electron chi connectivity index (χ1n) is 7.05. The smallest absolute Gasteiger partial charge is 0.337 e. The van der Waals surface area contributed by atoms with Gasteiger partial charge in [0.25, 0.3) is 5.91 Å². The highest BCUT2D eigenvalue weighted by atomic mass is 35.5. The summed E-state index contributed by atoms with van der Waals surface area (Å²) in [7, 11) is 1.31. The van der Waals surface area contributed by atoms with Gasteiger partial charge in [0.05, 0.1) is 23.4 Å². The summed E-state index contributed by atoms with van der Waals surface area (Å²) in [6, 6.07) is 8.01. The van der Waals surface area contributed by atoms with Crippen LogP contribution >= 0.6 is 11.6 Å². The highest BCUT2D eigenvalue weighted by Gasteiger charge is 2.11. The summed E-state index contributed by atoms with van der Waals surface area (Å²) in [6.07, 6.45) is 3.08. The number of benzene rings is 1. The fraction of sp³-hybridized carbons (Fsp3) is 0.118. The van der Waals surface area contributed by atoms with Gasteiger partial charge in [-0.1, -0.05) is 17.7 Å². The molecule has 0 radical (unpaired) electrons. The molecule has 0 spiro atoms. The van der Waals surface area contributed by atoms with E-state index in [4.69, 9.17) is 11.6 Å². The van der Waals surface area contributed by atoms with Crippen LogP contribution in [0.2, 0.25) is 5.02 Å². The van der Waals surface area contributed by atoms with E-state index in [1.807, 2.05) is 0 Å². The number of aromatic nitrogens is 1. The van der Waals surface area contributed by atoms with Gasteiger partial charge in [0.1, 0.15) is 5.69 Å². The Kier molecular flexibility index (Phi) is 5.92. The topological polar surface area (TPSA) is 80.3 Å². The van der Waals surface area contributed by atoms with Gasteiger partial charge in [-0.25, -0.2) is 4.79 Å². The Bertz CT molecular complexity index is 777. The van der Waals surface area contributed by atoms with E-state index in [-0.39, 0.29) is 11.6 Å². The third-order valence-corrected chi connectivity index (χ3v) is 3.40. The Morgan fingerprint density at radius 1 is 1.33 bits per heavy atom. The second-order valence-corrected chi connectivity index (χ2v) is 5.15. The van der Waals surface area contributed by atoms with Crippen molar-refractivity contribution in [3.8, 4) is 0 Å². The van der Waals surface area contributed by atoms with Crippen LogP contribution in [0.15, 0.2) is 49.2 Å². The van der Waals surface area contributed by atoms with Crippen LogP contribution in [0.1, 0.15) is 20.8 Å². The number of esters is 1. The van der Waals surface area contributed by atoms with E-state index in [0.717, 1.165) is 0 Å². The Balaban J connectivity index is 2.23. The van der Waals surface area contributed by atoms with Crippen molar-refractivity contribution in [2.24, 2.45) is 0 Å². The molecule has 1 aromatic heterocycles. The number of amides is 1. The Hall–Kier alpha value is -2.86. The molecule has 2 aromatic rings. The van der Waals surface area contributed by atoms with Gasteiger partial charge < -0.3 is 15.4 Å². The van der Waals surface area contributed by atoms with Crippen molar-refractivity contribution in [1.82, 2.24) is 10.3 Å². The zero-order valence-corrected chi connectivity index (χ0v) is 13.8. The van der Waals surface area contributed by atoms with Crippen molar-refractivity contribution < 1.29 is 14.3 Å². The number of anilines is 2. The van der Waals surface area contributed by atoms with Gasteiger partial charge >= 0.3 is 5.97 Å². The lowest BCUT2D eigenvalue weighted by Crippen LogP contribution is -2.24. The predicted octanol–water partition coefficient (Wildman–Crippen LogP) is 3.18. The Morgan fingerprint density at radius 3 is 2.83 bits per heavy atom. The van der Waals surface area contributed by atoms with E-state index in [2.05, 4.69) is 26.9 Å². The molecule has 7 heteroatoms. The number of carbonyl (C=O) groups excluding carboxylic acids is 2. The van der Waals surface area contributed by atoms with Crippen LogP contribution in [0.25, 0.3) is 0 Å². The van der Waals surface area contributed by atoms with Crippen LogP contribution in [-0.2, 0) is 4.74 Å². The average molecular weight is 346 g/mol. The van der Waals surface area contributed by atoms with Crippen LogP contribution in [0, 0.1) is 0 Å². The summed E-state index contributed by atoms with van der Waals surface area (Å²) in [5.74, 6) is -0.776. The standard InChI is InChI=1S/C17H16ClN3O3/c1-3-7-20-16(22)15-10-12(6-8-19-15)21-14-9-11(17(23)24-2)4-5-13(14)18/h3-6,8-10H,1,7H2,2H3,(H,19,21)(H,20,22). The van der Waals surface area contributed by atoms with Gasteiger partial charge in [-0.15, -0.1) is 6.58 Å². The summed E-state index contributed by atoms with van der Waals surface area (Å²) in [5, 5.41) is 6.14. The first kappa shape index (κ1) is 17.5. The highest BCUT2D eigenvalue weighted by molar-refractivity contribution is 6.33. The lowest BCUT2D eigenvalue weighted by atomic mass is 10.2. The maximum atomic E-state index is 11.9. The minimum atomic E-state index is -0.464.